The van der Waals surface area contributed by atoms with Crippen LogP contribution in [0.3, 0.4) is 0 Å². The lowest BCUT2D eigenvalue weighted by molar-refractivity contribution is -0.0935. The molecule has 0 aromatic rings. The van der Waals surface area contributed by atoms with Crippen molar-refractivity contribution in [3.63, 3.8) is 0 Å². The average Bonchev–Trinajstić information content (AvgIpc) is 2.06. The van der Waals surface area contributed by atoms with Crippen LogP contribution in [0.1, 0.15) is 0 Å². The topological polar surface area (TPSA) is 0 Å². The molecule has 0 fully saturated rings. The van der Waals surface area contributed by atoms with Crippen molar-refractivity contribution in [2.75, 3.05) is 0 Å². The van der Waals surface area contributed by atoms with E-state index in [0.717, 1.165) is 0 Å². The lowest BCUT2D eigenvalue weighted by Crippen LogP contribution is -2.30. The number of hydrogen-bond acceptors (Lipinski definition) is 0. The van der Waals surface area contributed by atoms with Gasteiger partial charge in [0.25, 0.3) is 0 Å². The molecule has 0 aromatic carbocycles. The SMILES string of the molecule is FC(F)(F)C1=CC(Cl)=C(Cl)C(Cl)C1Cl. The molecule has 0 nitrogen and oxygen atoms in total. The molecule has 0 heterocycles. The van der Waals surface area contributed by atoms with Crippen LogP contribution in [0.25, 0.3) is 0 Å². The molecule has 2 atom stereocenters. The minimum atomic E-state index is -4.54. The minimum absolute atomic E-state index is 0.0682. The van der Waals surface area contributed by atoms with Crippen LogP contribution in [0.2, 0.25) is 0 Å². The van der Waals surface area contributed by atoms with Crippen molar-refractivity contribution in [1.29, 1.82) is 0 Å². The van der Waals surface area contributed by atoms with Gasteiger partial charge in [0.05, 0.1) is 26.4 Å². The van der Waals surface area contributed by atoms with E-state index in [4.69, 9.17) is 46.4 Å². The Kier molecular flexibility index (Phi) is 3.68. The first kappa shape index (κ1) is 12.5. The summed E-state index contributed by atoms with van der Waals surface area (Å²) < 4.78 is 37.0. The van der Waals surface area contributed by atoms with Gasteiger partial charge in [-0.15, -0.1) is 23.2 Å². The first-order valence-electron chi connectivity index (χ1n) is 3.37. The minimum Gasteiger partial charge on any atom is -0.166 e. The third-order valence-electron chi connectivity index (χ3n) is 1.63. The lowest BCUT2D eigenvalue weighted by atomic mass is 10.0. The summed E-state index contributed by atoms with van der Waals surface area (Å²) in [6, 6.07) is 0. The first-order valence-corrected chi connectivity index (χ1v) is 5.00. The molecule has 1 rings (SSSR count). The molecule has 0 amide bonds. The lowest BCUT2D eigenvalue weighted by Gasteiger charge is -2.25. The maximum atomic E-state index is 12.3. The summed E-state index contributed by atoms with van der Waals surface area (Å²) in [5, 5.41) is -2.85. The summed E-state index contributed by atoms with van der Waals surface area (Å²) in [4.78, 5) is 0. The summed E-state index contributed by atoms with van der Waals surface area (Å²) in [5.41, 5.74) is -0.978. The van der Waals surface area contributed by atoms with Gasteiger partial charge in [0.2, 0.25) is 0 Å². The van der Waals surface area contributed by atoms with Crippen molar-refractivity contribution in [2.45, 2.75) is 16.9 Å². The van der Waals surface area contributed by atoms with E-state index in [1.54, 1.807) is 0 Å². The average molecular weight is 286 g/mol. The van der Waals surface area contributed by atoms with Crippen LogP contribution < -0.4 is 0 Å². The Morgan fingerprint density at radius 2 is 1.57 bits per heavy atom. The third-order valence-corrected chi connectivity index (χ3v) is 3.68. The second-order valence-corrected chi connectivity index (χ2v) is 4.35. The number of alkyl halides is 5. The number of halogens is 7. The van der Waals surface area contributed by atoms with Crippen molar-refractivity contribution in [2.24, 2.45) is 0 Å². The quantitative estimate of drug-likeness (QED) is 0.579. The fraction of sp³-hybridized carbons (Fsp3) is 0.429. The van der Waals surface area contributed by atoms with E-state index in [0.29, 0.717) is 6.08 Å². The zero-order valence-corrected chi connectivity index (χ0v) is 9.40. The molecule has 0 radical (unpaired) electrons. The van der Waals surface area contributed by atoms with Gasteiger partial charge in [-0.2, -0.15) is 13.2 Å². The Balaban J connectivity index is 3.15. The predicted octanol–water partition coefficient (Wildman–Crippen LogP) is 4.39. The Labute approximate surface area is 98.3 Å². The summed E-state index contributed by atoms with van der Waals surface area (Å²) in [7, 11) is 0. The maximum absolute atomic E-state index is 12.3. The number of hydrogen-bond donors (Lipinski definition) is 0. The van der Waals surface area contributed by atoms with E-state index in [1.165, 1.54) is 0 Å². The highest BCUT2D eigenvalue weighted by atomic mass is 35.5. The van der Waals surface area contributed by atoms with Crippen molar-refractivity contribution in [3.8, 4) is 0 Å². The van der Waals surface area contributed by atoms with Crippen LogP contribution in [0, 0.1) is 0 Å². The van der Waals surface area contributed by atoms with Crippen molar-refractivity contribution in [1.82, 2.24) is 0 Å². The molecule has 0 saturated heterocycles. The molecular formula is C7H3Cl4F3. The molecule has 0 spiro atoms. The summed E-state index contributed by atoms with van der Waals surface area (Å²) in [6.07, 6.45) is -3.85. The van der Waals surface area contributed by atoms with Crippen molar-refractivity contribution in [3.05, 3.63) is 21.7 Å². The van der Waals surface area contributed by atoms with E-state index in [-0.39, 0.29) is 10.1 Å². The van der Waals surface area contributed by atoms with Crippen molar-refractivity contribution < 1.29 is 13.2 Å². The molecule has 2 unspecified atom stereocenters. The Bertz CT molecular complexity index is 305. The van der Waals surface area contributed by atoms with Gasteiger partial charge in [-0.1, -0.05) is 23.2 Å². The standard InChI is InChI=1S/C7H3Cl4F3/c8-3-1-2(7(12,13)14)4(9)6(11)5(3)10/h1,4,6H. The predicted molar refractivity (Wildman–Crippen MR) is 52.2 cm³/mol. The number of allylic oxidation sites excluding steroid dienone is 4. The normalized spacial score (nSPS) is 29.2. The summed E-state index contributed by atoms with van der Waals surface area (Å²) in [6.45, 7) is 0. The van der Waals surface area contributed by atoms with Gasteiger partial charge >= 0.3 is 6.18 Å². The van der Waals surface area contributed by atoms with E-state index in [9.17, 15) is 13.2 Å². The van der Waals surface area contributed by atoms with Gasteiger partial charge < -0.3 is 0 Å². The zero-order chi connectivity index (χ0) is 11.1. The molecule has 80 valence electrons. The van der Waals surface area contributed by atoms with Crippen LogP contribution in [-0.4, -0.2) is 16.9 Å². The van der Waals surface area contributed by atoms with Gasteiger partial charge in [0.15, 0.2) is 0 Å². The highest BCUT2D eigenvalue weighted by Gasteiger charge is 2.43. The molecule has 7 heteroatoms. The summed E-state index contributed by atoms with van der Waals surface area (Å²) in [5.74, 6) is 0. The van der Waals surface area contributed by atoms with Gasteiger partial charge in [-0.3, -0.25) is 0 Å². The van der Waals surface area contributed by atoms with E-state index in [2.05, 4.69) is 0 Å². The van der Waals surface area contributed by atoms with Crippen LogP contribution in [-0.2, 0) is 0 Å². The maximum Gasteiger partial charge on any atom is 0.414 e. The van der Waals surface area contributed by atoms with Gasteiger partial charge in [-0.05, 0) is 6.08 Å². The molecular weight excluding hydrogens is 283 g/mol. The van der Waals surface area contributed by atoms with E-state index in [1.807, 2.05) is 0 Å². The Hall–Kier alpha value is 0.430. The smallest absolute Gasteiger partial charge is 0.166 e. The molecule has 0 aliphatic heterocycles. The van der Waals surface area contributed by atoms with Gasteiger partial charge in [0.1, 0.15) is 0 Å². The van der Waals surface area contributed by atoms with Crippen LogP contribution in [0.15, 0.2) is 21.7 Å². The van der Waals surface area contributed by atoms with Crippen LogP contribution in [0.5, 0.6) is 0 Å². The molecule has 1 aliphatic carbocycles. The van der Waals surface area contributed by atoms with E-state index >= 15 is 0 Å². The van der Waals surface area contributed by atoms with Crippen LogP contribution in [0.4, 0.5) is 13.2 Å². The Morgan fingerprint density at radius 1 is 1.07 bits per heavy atom. The van der Waals surface area contributed by atoms with Gasteiger partial charge in [0, 0.05) is 0 Å². The first-order chi connectivity index (χ1) is 6.25. The summed E-state index contributed by atoms with van der Waals surface area (Å²) >= 11 is 22.1. The molecule has 0 aromatic heterocycles. The molecule has 0 N–H and O–H groups in total. The molecule has 0 bridgehead atoms. The highest BCUT2D eigenvalue weighted by molar-refractivity contribution is 6.46. The second kappa shape index (κ2) is 4.12. The third kappa shape index (κ3) is 2.32. The van der Waals surface area contributed by atoms with Crippen LogP contribution >= 0.6 is 46.4 Å². The molecule has 14 heavy (non-hydrogen) atoms. The molecule has 0 saturated carbocycles. The fourth-order valence-electron chi connectivity index (χ4n) is 0.941. The largest absolute Gasteiger partial charge is 0.414 e. The Morgan fingerprint density at radius 3 is 2.00 bits per heavy atom. The number of rotatable bonds is 0. The molecule has 1 aliphatic rings. The zero-order valence-electron chi connectivity index (χ0n) is 6.38. The van der Waals surface area contributed by atoms with E-state index < -0.39 is 22.5 Å². The second-order valence-electron chi connectivity index (χ2n) is 2.60. The monoisotopic (exact) mass is 284 g/mol. The highest BCUT2D eigenvalue weighted by Crippen LogP contribution is 2.42. The van der Waals surface area contributed by atoms with Crippen molar-refractivity contribution >= 4 is 46.4 Å². The fourth-order valence-corrected chi connectivity index (χ4v) is 2.04. The van der Waals surface area contributed by atoms with Gasteiger partial charge in [-0.25, -0.2) is 0 Å².